The number of thioether (sulfide) groups is 1. The molecule has 0 bridgehead atoms. The highest BCUT2D eigenvalue weighted by atomic mass is 32.2. The van der Waals surface area contributed by atoms with E-state index < -0.39 is 0 Å². The highest BCUT2D eigenvalue weighted by molar-refractivity contribution is 7.98. The molecule has 0 aliphatic rings. The van der Waals surface area contributed by atoms with E-state index in [-0.39, 0.29) is 0 Å². The van der Waals surface area contributed by atoms with Gasteiger partial charge in [-0.15, -0.1) is 11.8 Å². The van der Waals surface area contributed by atoms with Crippen molar-refractivity contribution in [1.82, 2.24) is 0 Å². The number of benzene rings is 2. The molecule has 0 aliphatic heterocycles. The molecule has 0 aliphatic carbocycles. The van der Waals surface area contributed by atoms with Crippen LogP contribution in [0.25, 0.3) is 0 Å². The lowest BCUT2D eigenvalue weighted by Crippen LogP contribution is -1.69. The lowest BCUT2D eigenvalue weighted by Gasteiger charge is -1.96. The number of nitrogens with zero attached hydrogens (tertiary/aromatic N) is 2. The minimum Gasteiger partial charge on any atom is -0.151 e. The first-order valence-corrected chi connectivity index (χ1v) is 6.63. The third kappa shape index (κ3) is 3.43. The highest BCUT2D eigenvalue weighted by Gasteiger charge is 1.92. The van der Waals surface area contributed by atoms with Gasteiger partial charge in [-0.25, -0.2) is 0 Å². The topological polar surface area (TPSA) is 24.7 Å². The van der Waals surface area contributed by atoms with Crippen LogP contribution in [-0.4, -0.2) is 6.26 Å². The Balaban J connectivity index is 2.11. The first-order chi connectivity index (χ1) is 8.28. The molecule has 0 fully saturated rings. The SMILES string of the molecule is CSc1ccc(N=Nc2ccc(C)cc2)cc1. The molecule has 0 aromatic heterocycles. The summed E-state index contributed by atoms with van der Waals surface area (Å²) in [5.74, 6) is 0. The van der Waals surface area contributed by atoms with E-state index in [1.54, 1.807) is 11.8 Å². The fourth-order valence-electron chi connectivity index (χ4n) is 1.38. The van der Waals surface area contributed by atoms with Crippen molar-refractivity contribution in [2.75, 3.05) is 6.26 Å². The van der Waals surface area contributed by atoms with Gasteiger partial charge < -0.3 is 0 Å². The molecule has 2 aromatic carbocycles. The van der Waals surface area contributed by atoms with Crippen LogP contribution < -0.4 is 0 Å². The zero-order valence-electron chi connectivity index (χ0n) is 9.92. The smallest absolute Gasteiger partial charge is 0.0857 e. The molecular formula is C14H14N2S. The monoisotopic (exact) mass is 242 g/mol. The van der Waals surface area contributed by atoms with Gasteiger partial charge in [0.2, 0.25) is 0 Å². The van der Waals surface area contributed by atoms with Gasteiger partial charge in [0.15, 0.2) is 0 Å². The van der Waals surface area contributed by atoms with Crippen LogP contribution in [0.5, 0.6) is 0 Å². The number of rotatable bonds is 3. The fraction of sp³-hybridized carbons (Fsp3) is 0.143. The summed E-state index contributed by atoms with van der Waals surface area (Å²) in [5, 5.41) is 8.39. The van der Waals surface area contributed by atoms with Crippen LogP contribution in [0.2, 0.25) is 0 Å². The van der Waals surface area contributed by atoms with Gasteiger partial charge >= 0.3 is 0 Å². The van der Waals surface area contributed by atoms with Crippen molar-refractivity contribution in [1.29, 1.82) is 0 Å². The summed E-state index contributed by atoms with van der Waals surface area (Å²) in [6.07, 6.45) is 2.06. The van der Waals surface area contributed by atoms with Crippen molar-refractivity contribution >= 4 is 23.1 Å². The molecule has 86 valence electrons. The Hall–Kier alpha value is -1.61. The highest BCUT2D eigenvalue weighted by Crippen LogP contribution is 2.21. The standard InChI is InChI=1S/C14H14N2S/c1-11-3-5-12(6-4-11)15-16-13-7-9-14(17-2)10-8-13/h3-10H,1-2H3. The third-order valence-electron chi connectivity index (χ3n) is 2.39. The number of aryl methyl sites for hydroxylation is 1. The van der Waals surface area contributed by atoms with E-state index in [1.165, 1.54) is 10.5 Å². The van der Waals surface area contributed by atoms with E-state index >= 15 is 0 Å². The summed E-state index contributed by atoms with van der Waals surface area (Å²) in [4.78, 5) is 1.24. The summed E-state index contributed by atoms with van der Waals surface area (Å²) in [6.45, 7) is 2.06. The second-order valence-corrected chi connectivity index (χ2v) is 4.61. The Morgan fingerprint density at radius 2 is 1.24 bits per heavy atom. The first kappa shape index (κ1) is 11.9. The summed E-state index contributed by atoms with van der Waals surface area (Å²) in [5.41, 5.74) is 2.99. The number of azo groups is 1. The van der Waals surface area contributed by atoms with Crippen LogP contribution in [-0.2, 0) is 0 Å². The van der Waals surface area contributed by atoms with Gasteiger partial charge in [-0.05, 0) is 49.6 Å². The largest absolute Gasteiger partial charge is 0.151 e. The van der Waals surface area contributed by atoms with Crippen molar-refractivity contribution in [3.63, 3.8) is 0 Å². The van der Waals surface area contributed by atoms with Gasteiger partial charge in [0.1, 0.15) is 0 Å². The molecule has 0 unspecified atom stereocenters. The van der Waals surface area contributed by atoms with Gasteiger partial charge in [0, 0.05) is 4.90 Å². The van der Waals surface area contributed by atoms with Crippen LogP contribution in [0.3, 0.4) is 0 Å². The second kappa shape index (κ2) is 5.64. The number of hydrogen-bond donors (Lipinski definition) is 0. The van der Waals surface area contributed by atoms with E-state index in [9.17, 15) is 0 Å². The molecular weight excluding hydrogens is 228 g/mol. The van der Waals surface area contributed by atoms with Crippen LogP contribution in [0, 0.1) is 6.92 Å². The van der Waals surface area contributed by atoms with E-state index in [2.05, 4.69) is 23.4 Å². The lowest BCUT2D eigenvalue weighted by atomic mass is 10.2. The molecule has 2 aromatic rings. The molecule has 0 atom stereocenters. The molecule has 0 amide bonds. The molecule has 0 radical (unpaired) electrons. The molecule has 17 heavy (non-hydrogen) atoms. The van der Waals surface area contributed by atoms with Gasteiger partial charge in [0.25, 0.3) is 0 Å². The van der Waals surface area contributed by atoms with Gasteiger partial charge in [-0.3, -0.25) is 0 Å². The molecule has 0 spiro atoms. The normalized spacial score (nSPS) is 10.9. The predicted octanol–water partition coefficient (Wildman–Crippen LogP) is 5.13. The quantitative estimate of drug-likeness (QED) is 0.540. The maximum atomic E-state index is 4.20. The summed E-state index contributed by atoms with van der Waals surface area (Å²) in [7, 11) is 0. The lowest BCUT2D eigenvalue weighted by molar-refractivity contribution is 1.22. The average molecular weight is 242 g/mol. The second-order valence-electron chi connectivity index (χ2n) is 3.73. The van der Waals surface area contributed by atoms with E-state index in [1.807, 2.05) is 48.5 Å². The minimum atomic E-state index is 0.878. The molecule has 2 rings (SSSR count). The van der Waals surface area contributed by atoms with Gasteiger partial charge in [-0.1, -0.05) is 17.7 Å². The maximum Gasteiger partial charge on any atom is 0.0857 e. The molecule has 2 nitrogen and oxygen atoms in total. The van der Waals surface area contributed by atoms with Crippen molar-refractivity contribution in [2.24, 2.45) is 10.2 Å². The van der Waals surface area contributed by atoms with Crippen molar-refractivity contribution < 1.29 is 0 Å². The fourth-order valence-corrected chi connectivity index (χ4v) is 1.78. The molecule has 0 saturated carbocycles. The third-order valence-corrected chi connectivity index (χ3v) is 3.13. The summed E-state index contributed by atoms with van der Waals surface area (Å²) < 4.78 is 0. The summed E-state index contributed by atoms with van der Waals surface area (Å²) >= 11 is 1.72. The van der Waals surface area contributed by atoms with Crippen molar-refractivity contribution in [2.45, 2.75) is 11.8 Å². The van der Waals surface area contributed by atoms with Gasteiger partial charge in [0.05, 0.1) is 11.4 Å². The first-order valence-electron chi connectivity index (χ1n) is 5.40. The van der Waals surface area contributed by atoms with Crippen molar-refractivity contribution in [3.05, 3.63) is 54.1 Å². The Kier molecular flexibility index (Phi) is 3.94. The van der Waals surface area contributed by atoms with E-state index in [0.717, 1.165) is 11.4 Å². The molecule has 3 heteroatoms. The zero-order chi connectivity index (χ0) is 12.1. The Bertz CT molecular complexity index is 501. The predicted molar refractivity (Wildman–Crippen MR) is 73.6 cm³/mol. The van der Waals surface area contributed by atoms with Crippen molar-refractivity contribution in [3.8, 4) is 0 Å². The Labute approximate surface area is 106 Å². The maximum absolute atomic E-state index is 4.20. The Morgan fingerprint density at radius 1 is 0.765 bits per heavy atom. The van der Waals surface area contributed by atoms with Crippen LogP contribution in [0.1, 0.15) is 5.56 Å². The van der Waals surface area contributed by atoms with Gasteiger partial charge in [-0.2, -0.15) is 10.2 Å². The van der Waals surface area contributed by atoms with E-state index in [0.29, 0.717) is 0 Å². The molecule has 0 N–H and O–H groups in total. The Morgan fingerprint density at radius 3 is 1.71 bits per heavy atom. The van der Waals surface area contributed by atoms with Crippen LogP contribution >= 0.6 is 11.8 Å². The summed E-state index contributed by atoms with van der Waals surface area (Å²) in [6, 6.07) is 16.1. The minimum absolute atomic E-state index is 0.878. The van der Waals surface area contributed by atoms with E-state index in [4.69, 9.17) is 0 Å². The molecule has 0 saturated heterocycles. The molecule has 0 heterocycles. The van der Waals surface area contributed by atoms with Crippen LogP contribution in [0.4, 0.5) is 11.4 Å². The number of hydrogen-bond acceptors (Lipinski definition) is 3. The zero-order valence-corrected chi connectivity index (χ0v) is 10.7. The average Bonchev–Trinajstić information content (AvgIpc) is 2.39. The van der Waals surface area contributed by atoms with Crippen LogP contribution in [0.15, 0.2) is 63.7 Å².